The fraction of sp³-hybridized carbons (Fsp3) is 0.579. The average Bonchev–Trinajstić information content (AvgIpc) is 2.52. The van der Waals surface area contributed by atoms with Crippen molar-refractivity contribution >= 4 is 11.8 Å². The molecule has 1 aromatic rings. The fourth-order valence-corrected chi connectivity index (χ4v) is 2.72. The first-order chi connectivity index (χ1) is 11.3. The van der Waals surface area contributed by atoms with Crippen LogP contribution >= 0.6 is 0 Å². The average molecular weight is 332 g/mol. The molecule has 0 N–H and O–H groups in total. The summed E-state index contributed by atoms with van der Waals surface area (Å²) in [6, 6.07) is 7.66. The van der Waals surface area contributed by atoms with Crippen molar-refractivity contribution in [3.8, 4) is 5.75 Å². The third kappa shape index (κ3) is 5.25. The van der Waals surface area contributed by atoms with Crippen LogP contribution in [0.2, 0.25) is 0 Å². The van der Waals surface area contributed by atoms with E-state index < -0.39 is 0 Å². The van der Waals surface area contributed by atoms with Gasteiger partial charge in [0.25, 0.3) is 5.91 Å². The van der Waals surface area contributed by atoms with Crippen LogP contribution in [0.5, 0.6) is 5.75 Å². The largest absolute Gasteiger partial charge is 0.484 e. The van der Waals surface area contributed by atoms with E-state index in [-0.39, 0.29) is 23.8 Å². The maximum absolute atomic E-state index is 12.3. The second kappa shape index (κ2) is 7.69. The van der Waals surface area contributed by atoms with Crippen molar-refractivity contribution in [2.45, 2.75) is 34.1 Å². The standard InChI is InChI=1S/C19H28N2O3/c1-15-7-5-6-8-16(15)24-14-18(23)21-11-9-20(10-12-21)17(22)13-19(2,3)4/h5-8H,9-14H2,1-4H3. The quantitative estimate of drug-likeness (QED) is 0.851. The summed E-state index contributed by atoms with van der Waals surface area (Å²) in [5, 5.41) is 0. The fourth-order valence-electron chi connectivity index (χ4n) is 2.72. The molecule has 24 heavy (non-hydrogen) atoms. The highest BCUT2D eigenvalue weighted by molar-refractivity contribution is 5.79. The van der Waals surface area contributed by atoms with Gasteiger partial charge in [0.1, 0.15) is 5.75 Å². The van der Waals surface area contributed by atoms with Crippen LogP contribution in [0.25, 0.3) is 0 Å². The predicted molar refractivity (Wildman–Crippen MR) is 93.9 cm³/mol. The number of para-hydroxylation sites is 1. The zero-order valence-electron chi connectivity index (χ0n) is 15.2. The van der Waals surface area contributed by atoms with Gasteiger partial charge < -0.3 is 14.5 Å². The van der Waals surface area contributed by atoms with Crippen LogP contribution in [0.4, 0.5) is 0 Å². The third-order valence-electron chi connectivity index (χ3n) is 4.11. The number of nitrogens with zero attached hydrogens (tertiary/aromatic N) is 2. The van der Waals surface area contributed by atoms with Crippen LogP contribution in [0.3, 0.4) is 0 Å². The molecule has 1 heterocycles. The molecule has 132 valence electrons. The Morgan fingerprint density at radius 2 is 1.54 bits per heavy atom. The summed E-state index contributed by atoms with van der Waals surface area (Å²) in [5.41, 5.74) is 1.01. The van der Waals surface area contributed by atoms with Crippen molar-refractivity contribution in [2.75, 3.05) is 32.8 Å². The SMILES string of the molecule is Cc1ccccc1OCC(=O)N1CCN(C(=O)CC(C)(C)C)CC1. The number of benzene rings is 1. The minimum Gasteiger partial charge on any atom is -0.484 e. The van der Waals surface area contributed by atoms with Gasteiger partial charge in [0, 0.05) is 32.6 Å². The molecular formula is C19H28N2O3. The van der Waals surface area contributed by atoms with Gasteiger partial charge in [0.05, 0.1) is 0 Å². The summed E-state index contributed by atoms with van der Waals surface area (Å²) in [6.07, 6.45) is 0.539. The Morgan fingerprint density at radius 3 is 2.08 bits per heavy atom. The van der Waals surface area contributed by atoms with E-state index in [0.29, 0.717) is 32.6 Å². The van der Waals surface area contributed by atoms with Crippen molar-refractivity contribution in [1.82, 2.24) is 9.80 Å². The Bertz CT molecular complexity index is 585. The highest BCUT2D eigenvalue weighted by Gasteiger charge is 2.26. The molecule has 1 aliphatic heterocycles. The van der Waals surface area contributed by atoms with Gasteiger partial charge in [-0.25, -0.2) is 0 Å². The predicted octanol–water partition coefficient (Wildman–Crippen LogP) is 2.48. The molecule has 0 saturated carbocycles. The van der Waals surface area contributed by atoms with E-state index in [9.17, 15) is 9.59 Å². The molecule has 2 rings (SSSR count). The van der Waals surface area contributed by atoms with E-state index >= 15 is 0 Å². The number of rotatable bonds is 4. The number of piperazine rings is 1. The molecule has 0 aliphatic carbocycles. The van der Waals surface area contributed by atoms with Gasteiger partial charge >= 0.3 is 0 Å². The normalized spacial score (nSPS) is 15.3. The van der Waals surface area contributed by atoms with E-state index in [0.717, 1.165) is 11.3 Å². The van der Waals surface area contributed by atoms with Crippen LogP contribution in [-0.4, -0.2) is 54.4 Å². The molecule has 0 bridgehead atoms. The van der Waals surface area contributed by atoms with Crippen LogP contribution in [0.15, 0.2) is 24.3 Å². The number of carbonyl (C=O) groups is 2. The lowest BCUT2D eigenvalue weighted by Gasteiger charge is -2.36. The van der Waals surface area contributed by atoms with Crippen molar-refractivity contribution in [2.24, 2.45) is 5.41 Å². The number of carbonyl (C=O) groups excluding carboxylic acids is 2. The van der Waals surface area contributed by atoms with Gasteiger partial charge in [0.15, 0.2) is 6.61 Å². The van der Waals surface area contributed by atoms with Gasteiger partial charge in [-0.05, 0) is 24.0 Å². The molecule has 1 saturated heterocycles. The molecule has 0 aromatic heterocycles. The van der Waals surface area contributed by atoms with Crippen LogP contribution in [0.1, 0.15) is 32.8 Å². The van der Waals surface area contributed by atoms with Crippen LogP contribution in [0, 0.1) is 12.3 Å². The van der Waals surface area contributed by atoms with Crippen molar-refractivity contribution in [3.05, 3.63) is 29.8 Å². The summed E-state index contributed by atoms with van der Waals surface area (Å²) in [6.45, 7) is 10.5. The smallest absolute Gasteiger partial charge is 0.260 e. The summed E-state index contributed by atoms with van der Waals surface area (Å²) in [5.74, 6) is 0.886. The summed E-state index contributed by atoms with van der Waals surface area (Å²) >= 11 is 0. The molecule has 0 radical (unpaired) electrons. The number of amides is 2. The van der Waals surface area contributed by atoms with Gasteiger partial charge in [-0.1, -0.05) is 39.0 Å². The molecule has 0 spiro atoms. The molecule has 0 atom stereocenters. The van der Waals surface area contributed by atoms with Crippen LogP contribution < -0.4 is 4.74 Å². The number of hydrogen-bond acceptors (Lipinski definition) is 3. The molecule has 1 aliphatic rings. The first-order valence-electron chi connectivity index (χ1n) is 8.50. The van der Waals surface area contributed by atoms with E-state index in [2.05, 4.69) is 20.8 Å². The lowest BCUT2D eigenvalue weighted by Crippen LogP contribution is -2.52. The number of aryl methyl sites for hydroxylation is 1. The minimum absolute atomic E-state index is 0.00851. The summed E-state index contributed by atoms with van der Waals surface area (Å²) in [4.78, 5) is 28.2. The van der Waals surface area contributed by atoms with E-state index in [1.54, 1.807) is 4.90 Å². The Morgan fingerprint density at radius 1 is 1.00 bits per heavy atom. The van der Waals surface area contributed by atoms with Gasteiger partial charge in [0.2, 0.25) is 5.91 Å². The van der Waals surface area contributed by atoms with Crippen molar-refractivity contribution in [1.29, 1.82) is 0 Å². The molecule has 1 aromatic carbocycles. The minimum atomic E-state index is -0.0267. The van der Waals surface area contributed by atoms with Crippen molar-refractivity contribution in [3.63, 3.8) is 0 Å². The summed E-state index contributed by atoms with van der Waals surface area (Å²) < 4.78 is 5.62. The monoisotopic (exact) mass is 332 g/mol. The molecule has 0 unspecified atom stereocenters. The first-order valence-corrected chi connectivity index (χ1v) is 8.50. The maximum Gasteiger partial charge on any atom is 0.260 e. The highest BCUT2D eigenvalue weighted by atomic mass is 16.5. The zero-order chi connectivity index (χ0) is 17.7. The summed E-state index contributed by atoms with van der Waals surface area (Å²) in [7, 11) is 0. The van der Waals surface area contributed by atoms with E-state index in [1.807, 2.05) is 36.1 Å². The lowest BCUT2D eigenvalue weighted by atomic mass is 9.91. The highest BCUT2D eigenvalue weighted by Crippen LogP contribution is 2.20. The first kappa shape index (κ1) is 18.3. The van der Waals surface area contributed by atoms with Crippen molar-refractivity contribution < 1.29 is 14.3 Å². The molecule has 5 nitrogen and oxygen atoms in total. The number of ether oxygens (including phenoxy) is 1. The van der Waals surface area contributed by atoms with Gasteiger partial charge in [-0.15, -0.1) is 0 Å². The second-order valence-corrected chi connectivity index (χ2v) is 7.55. The Labute approximate surface area is 144 Å². The third-order valence-corrected chi connectivity index (χ3v) is 4.11. The van der Waals surface area contributed by atoms with E-state index in [1.165, 1.54) is 0 Å². The number of hydrogen-bond donors (Lipinski definition) is 0. The van der Waals surface area contributed by atoms with E-state index in [4.69, 9.17) is 4.74 Å². The Kier molecular flexibility index (Phi) is 5.86. The molecular weight excluding hydrogens is 304 g/mol. The molecule has 2 amide bonds. The van der Waals surface area contributed by atoms with Crippen LogP contribution in [-0.2, 0) is 9.59 Å². The van der Waals surface area contributed by atoms with Gasteiger partial charge in [-0.2, -0.15) is 0 Å². The molecule has 1 fully saturated rings. The molecule has 5 heteroatoms. The maximum atomic E-state index is 12.3. The Balaban J connectivity index is 1.78. The lowest BCUT2D eigenvalue weighted by molar-refractivity contribution is -0.141. The zero-order valence-corrected chi connectivity index (χ0v) is 15.2. The second-order valence-electron chi connectivity index (χ2n) is 7.55. The Hall–Kier alpha value is -2.04. The topological polar surface area (TPSA) is 49.9 Å². The van der Waals surface area contributed by atoms with Gasteiger partial charge in [-0.3, -0.25) is 9.59 Å².